The SMILES string of the molecule is O=C(CCCc1ccc(Br)s1)N[C@@H](C(=O)O)c1ccccc1. The van der Waals surface area contributed by atoms with Gasteiger partial charge in [0.1, 0.15) is 0 Å². The Bertz CT molecular complexity index is 642. The molecule has 116 valence electrons. The summed E-state index contributed by atoms with van der Waals surface area (Å²) in [6, 6.07) is 11.7. The summed E-state index contributed by atoms with van der Waals surface area (Å²) in [6.45, 7) is 0. The molecule has 2 aromatic rings. The topological polar surface area (TPSA) is 66.4 Å². The lowest BCUT2D eigenvalue weighted by Gasteiger charge is -2.14. The highest BCUT2D eigenvalue weighted by molar-refractivity contribution is 9.11. The minimum absolute atomic E-state index is 0.244. The first-order chi connectivity index (χ1) is 10.6. The number of nitrogens with one attached hydrogen (secondary N) is 1. The third-order valence-electron chi connectivity index (χ3n) is 3.14. The Morgan fingerprint density at radius 3 is 2.50 bits per heavy atom. The fraction of sp³-hybridized carbons (Fsp3) is 0.250. The molecule has 0 spiro atoms. The quantitative estimate of drug-likeness (QED) is 0.766. The number of hydrogen-bond acceptors (Lipinski definition) is 3. The standard InChI is InChI=1S/C16H16BrNO3S/c17-13-10-9-12(22-13)7-4-8-14(19)18-15(16(20)21)11-5-2-1-3-6-11/h1-3,5-6,9-10,15H,4,7-8H2,(H,18,19)(H,20,21)/t15-/m1/s1. The zero-order valence-corrected chi connectivity index (χ0v) is 14.2. The molecule has 0 saturated carbocycles. The van der Waals surface area contributed by atoms with E-state index in [1.807, 2.05) is 18.2 Å². The monoisotopic (exact) mass is 381 g/mol. The highest BCUT2D eigenvalue weighted by atomic mass is 79.9. The Hall–Kier alpha value is -1.66. The molecule has 0 saturated heterocycles. The maximum absolute atomic E-state index is 11.9. The number of halogens is 1. The number of carbonyl (C=O) groups excluding carboxylic acids is 1. The number of aryl methyl sites for hydroxylation is 1. The molecule has 0 bridgehead atoms. The van der Waals surface area contributed by atoms with Crippen molar-refractivity contribution < 1.29 is 14.7 Å². The minimum atomic E-state index is -1.05. The van der Waals surface area contributed by atoms with Gasteiger partial charge in [0.15, 0.2) is 6.04 Å². The summed E-state index contributed by atoms with van der Waals surface area (Å²) in [7, 11) is 0. The van der Waals surface area contributed by atoms with Crippen LogP contribution >= 0.6 is 27.3 Å². The molecule has 0 radical (unpaired) electrons. The van der Waals surface area contributed by atoms with Crippen molar-refractivity contribution in [2.45, 2.75) is 25.3 Å². The lowest BCUT2D eigenvalue weighted by molar-refractivity contribution is -0.142. The van der Waals surface area contributed by atoms with Gasteiger partial charge in [0.05, 0.1) is 3.79 Å². The Balaban J connectivity index is 1.85. The third kappa shape index (κ3) is 4.96. The first kappa shape index (κ1) is 16.7. The summed E-state index contributed by atoms with van der Waals surface area (Å²) in [5.41, 5.74) is 0.575. The van der Waals surface area contributed by atoms with Gasteiger partial charge in [-0.3, -0.25) is 4.79 Å². The molecule has 0 aliphatic heterocycles. The Morgan fingerprint density at radius 2 is 1.91 bits per heavy atom. The van der Waals surface area contributed by atoms with Crippen molar-refractivity contribution in [1.29, 1.82) is 0 Å². The average Bonchev–Trinajstić information content (AvgIpc) is 2.91. The molecule has 6 heteroatoms. The van der Waals surface area contributed by atoms with Gasteiger partial charge in [0, 0.05) is 11.3 Å². The van der Waals surface area contributed by atoms with Crippen molar-refractivity contribution in [2.24, 2.45) is 0 Å². The van der Waals surface area contributed by atoms with Crippen LogP contribution in [0.25, 0.3) is 0 Å². The van der Waals surface area contributed by atoms with Crippen molar-refractivity contribution in [1.82, 2.24) is 5.32 Å². The molecule has 0 fully saturated rings. The fourth-order valence-corrected chi connectivity index (χ4v) is 3.60. The summed E-state index contributed by atoms with van der Waals surface area (Å²) >= 11 is 5.05. The number of hydrogen-bond donors (Lipinski definition) is 2. The van der Waals surface area contributed by atoms with Gasteiger partial charge in [-0.1, -0.05) is 30.3 Å². The maximum atomic E-state index is 11.9. The van der Waals surface area contributed by atoms with E-state index in [-0.39, 0.29) is 5.91 Å². The Labute approximate surface area is 141 Å². The van der Waals surface area contributed by atoms with Gasteiger partial charge in [0.2, 0.25) is 5.91 Å². The second-order valence-electron chi connectivity index (χ2n) is 4.81. The largest absolute Gasteiger partial charge is 0.479 e. The molecule has 2 rings (SSSR count). The normalized spacial score (nSPS) is 11.9. The van der Waals surface area contributed by atoms with Crippen LogP contribution in [0.5, 0.6) is 0 Å². The zero-order chi connectivity index (χ0) is 15.9. The second-order valence-corrected chi connectivity index (χ2v) is 7.36. The summed E-state index contributed by atoms with van der Waals surface area (Å²) in [5.74, 6) is -1.30. The van der Waals surface area contributed by atoms with Gasteiger partial charge < -0.3 is 10.4 Å². The maximum Gasteiger partial charge on any atom is 0.330 e. The van der Waals surface area contributed by atoms with E-state index in [1.165, 1.54) is 4.88 Å². The van der Waals surface area contributed by atoms with E-state index in [2.05, 4.69) is 21.2 Å². The number of amides is 1. The summed E-state index contributed by atoms with van der Waals surface area (Å²) in [4.78, 5) is 24.5. The van der Waals surface area contributed by atoms with Crippen LogP contribution in [0, 0.1) is 0 Å². The molecule has 1 amide bonds. The van der Waals surface area contributed by atoms with Crippen LogP contribution in [0.4, 0.5) is 0 Å². The smallest absolute Gasteiger partial charge is 0.330 e. The Kier molecular flexibility index (Phi) is 6.15. The Morgan fingerprint density at radius 1 is 1.18 bits per heavy atom. The molecule has 1 atom stereocenters. The van der Waals surface area contributed by atoms with E-state index in [0.717, 1.165) is 10.2 Å². The van der Waals surface area contributed by atoms with Crippen LogP contribution in [-0.2, 0) is 16.0 Å². The molecule has 1 aromatic carbocycles. The molecule has 1 aromatic heterocycles. The fourth-order valence-electron chi connectivity index (χ4n) is 2.08. The number of thiophene rings is 1. The first-order valence-electron chi connectivity index (χ1n) is 6.87. The average molecular weight is 382 g/mol. The highest BCUT2D eigenvalue weighted by Crippen LogP contribution is 2.23. The molecule has 4 nitrogen and oxygen atoms in total. The van der Waals surface area contributed by atoms with Crippen LogP contribution in [0.2, 0.25) is 0 Å². The van der Waals surface area contributed by atoms with E-state index >= 15 is 0 Å². The van der Waals surface area contributed by atoms with Crippen molar-refractivity contribution in [3.05, 3.63) is 56.7 Å². The van der Waals surface area contributed by atoms with Crippen molar-refractivity contribution in [3.8, 4) is 0 Å². The third-order valence-corrected chi connectivity index (χ3v) is 4.82. The van der Waals surface area contributed by atoms with Gasteiger partial charge in [-0.25, -0.2) is 4.79 Å². The zero-order valence-electron chi connectivity index (χ0n) is 11.8. The molecule has 1 heterocycles. The molecule has 2 N–H and O–H groups in total. The molecule has 22 heavy (non-hydrogen) atoms. The second kappa shape index (κ2) is 8.10. The highest BCUT2D eigenvalue weighted by Gasteiger charge is 2.21. The number of carboxylic acids is 1. The molecule has 0 unspecified atom stereocenters. The van der Waals surface area contributed by atoms with Gasteiger partial charge in [-0.2, -0.15) is 0 Å². The number of aliphatic carboxylic acids is 1. The van der Waals surface area contributed by atoms with Crippen LogP contribution < -0.4 is 5.32 Å². The van der Waals surface area contributed by atoms with E-state index in [9.17, 15) is 14.7 Å². The summed E-state index contributed by atoms with van der Waals surface area (Å²) in [6.07, 6.45) is 1.82. The molecular formula is C16H16BrNO3S. The van der Waals surface area contributed by atoms with Gasteiger partial charge in [-0.15, -0.1) is 11.3 Å². The van der Waals surface area contributed by atoms with Crippen molar-refractivity contribution in [3.63, 3.8) is 0 Å². The molecular weight excluding hydrogens is 366 g/mol. The molecule has 0 aliphatic rings. The summed E-state index contributed by atoms with van der Waals surface area (Å²) < 4.78 is 1.07. The predicted octanol–water partition coefficient (Wildman–Crippen LogP) is 3.78. The first-order valence-corrected chi connectivity index (χ1v) is 8.48. The lowest BCUT2D eigenvalue weighted by atomic mass is 10.1. The minimum Gasteiger partial charge on any atom is -0.479 e. The van der Waals surface area contributed by atoms with Gasteiger partial charge in [0.25, 0.3) is 0 Å². The van der Waals surface area contributed by atoms with E-state index in [1.54, 1.807) is 35.6 Å². The van der Waals surface area contributed by atoms with Crippen LogP contribution in [-0.4, -0.2) is 17.0 Å². The van der Waals surface area contributed by atoms with Crippen LogP contribution in [0.1, 0.15) is 29.3 Å². The molecule has 0 aliphatic carbocycles. The van der Waals surface area contributed by atoms with Crippen LogP contribution in [0.15, 0.2) is 46.3 Å². The predicted molar refractivity (Wildman–Crippen MR) is 89.9 cm³/mol. The van der Waals surface area contributed by atoms with Crippen molar-refractivity contribution >= 4 is 39.1 Å². The van der Waals surface area contributed by atoms with E-state index < -0.39 is 12.0 Å². The van der Waals surface area contributed by atoms with E-state index in [0.29, 0.717) is 18.4 Å². The number of rotatable bonds is 7. The van der Waals surface area contributed by atoms with Crippen LogP contribution in [0.3, 0.4) is 0 Å². The van der Waals surface area contributed by atoms with E-state index in [4.69, 9.17) is 0 Å². The van der Waals surface area contributed by atoms with Crippen molar-refractivity contribution in [2.75, 3.05) is 0 Å². The number of carboxylic acid groups (broad SMARTS) is 1. The number of benzene rings is 1. The summed E-state index contributed by atoms with van der Waals surface area (Å²) in [5, 5.41) is 11.8. The lowest BCUT2D eigenvalue weighted by Crippen LogP contribution is -2.33. The van der Waals surface area contributed by atoms with Gasteiger partial charge >= 0.3 is 5.97 Å². The number of carbonyl (C=O) groups is 2. The van der Waals surface area contributed by atoms with Gasteiger partial charge in [-0.05, 0) is 46.5 Å².